The van der Waals surface area contributed by atoms with Crippen molar-refractivity contribution in [2.24, 2.45) is 11.8 Å². The first-order valence-corrected chi connectivity index (χ1v) is 16.0. The summed E-state index contributed by atoms with van der Waals surface area (Å²) in [7, 11) is 1.47. The van der Waals surface area contributed by atoms with Crippen LogP contribution in [0.5, 0.6) is 23.0 Å². The number of aliphatic carboxylic acids is 1. The van der Waals surface area contributed by atoms with E-state index in [-0.39, 0.29) is 76.6 Å². The van der Waals surface area contributed by atoms with Crippen molar-refractivity contribution >= 4 is 89.4 Å². The van der Waals surface area contributed by atoms with Gasteiger partial charge in [0, 0.05) is 57.5 Å². The predicted octanol–water partition coefficient (Wildman–Crippen LogP) is 8.08. The summed E-state index contributed by atoms with van der Waals surface area (Å²) in [4.78, 5) is 48.8. The van der Waals surface area contributed by atoms with Gasteiger partial charge in [-0.1, -0.05) is 37.0 Å². The highest BCUT2D eigenvalue weighted by molar-refractivity contribution is 7.21. The van der Waals surface area contributed by atoms with E-state index >= 15 is 0 Å². The van der Waals surface area contributed by atoms with Crippen LogP contribution in [0.25, 0.3) is 20.2 Å². The lowest BCUT2D eigenvalue weighted by molar-refractivity contribution is -0.141. The molecule has 0 aliphatic carbocycles. The van der Waals surface area contributed by atoms with E-state index in [9.17, 15) is 24.3 Å². The standard InChI is InChI=1S/C31H30Cl2O9S2/c1-14(16(3)34)8-19(35)25-10-17-23(43-25)12-21(37)29(27(17)32)41-6-5-7-42-30-22(40-4)13-24-18(28(30)33)11-26(44-24)20(36)9-15(2)31(38)39/h10-15,37H,5-9H2,1-4H3,(H,38,39)/t14-,15-/m0/s1. The van der Waals surface area contributed by atoms with Crippen LogP contribution in [-0.2, 0) is 9.59 Å². The first-order chi connectivity index (χ1) is 20.8. The lowest BCUT2D eigenvalue weighted by atomic mass is 10.00. The zero-order valence-corrected chi connectivity index (χ0v) is 27.5. The molecule has 2 aromatic carbocycles. The summed E-state index contributed by atoms with van der Waals surface area (Å²) in [6.07, 6.45) is 0.343. The Hall–Kier alpha value is -3.38. The van der Waals surface area contributed by atoms with Crippen LogP contribution in [0.15, 0.2) is 24.3 Å². The van der Waals surface area contributed by atoms with E-state index in [4.69, 9.17) is 42.5 Å². The van der Waals surface area contributed by atoms with Crippen LogP contribution in [0.1, 0.15) is 59.4 Å². The van der Waals surface area contributed by atoms with Crippen LogP contribution in [-0.4, -0.2) is 53.9 Å². The number of carboxylic acid groups (broad SMARTS) is 1. The fraction of sp³-hybridized carbons (Fsp3) is 0.355. The van der Waals surface area contributed by atoms with E-state index in [1.807, 2.05) is 0 Å². The molecule has 0 radical (unpaired) electrons. The van der Waals surface area contributed by atoms with Crippen molar-refractivity contribution < 1.29 is 43.6 Å². The molecule has 0 aliphatic rings. The van der Waals surface area contributed by atoms with E-state index in [2.05, 4.69) is 0 Å². The number of benzene rings is 2. The minimum atomic E-state index is -1.04. The molecule has 0 unspecified atom stereocenters. The molecule has 0 fully saturated rings. The van der Waals surface area contributed by atoms with Gasteiger partial charge in [0.25, 0.3) is 0 Å². The molecule has 0 amide bonds. The molecule has 2 atom stereocenters. The Morgan fingerprint density at radius 3 is 1.84 bits per heavy atom. The number of phenols is 1. The number of ketones is 3. The minimum Gasteiger partial charge on any atom is -0.504 e. The average Bonchev–Trinajstić information content (AvgIpc) is 3.60. The Bertz CT molecular complexity index is 1760. The van der Waals surface area contributed by atoms with Crippen LogP contribution in [0, 0.1) is 11.8 Å². The molecule has 4 aromatic rings. The second-order valence-electron chi connectivity index (χ2n) is 10.4. The normalized spacial score (nSPS) is 12.7. The number of phenolic OH excluding ortho intramolecular Hbond substituents is 1. The van der Waals surface area contributed by atoms with Gasteiger partial charge in [0.2, 0.25) is 0 Å². The highest BCUT2D eigenvalue weighted by Gasteiger charge is 2.23. The average molecular weight is 682 g/mol. The number of ether oxygens (including phenoxy) is 3. The van der Waals surface area contributed by atoms with Crippen LogP contribution in [0.3, 0.4) is 0 Å². The highest BCUT2D eigenvalue weighted by Crippen LogP contribution is 2.45. The van der Waals surface area contributed by atoms with Gasteiger partial charge in [-0.15, -0.1) is 22.7 Å². The molecule has 234 valence electrons. The molecule has 2 aromatic heterocycles. The van der Waals surface area contributed by atoms with Crippen LogP contribution in [0.2, 0.25) is 10.0 Å². The monoisotopic (exact) mass is 680 g/mol. The van der Waals surface area contributed by atoms with Crippen molar-refractivity contribution in [3.63, 3.8) is 0 Å². The summed E-state index contributed by atoms with van der Waals surface area (Å²) in [6, 6.07) is 6.48. The van der Waals surface area contributed by atoms with Gasteiger partial charge < -0.3 is 24.4 Å². The molecule has 2 heterocycles. The minimum absolute atomic E-state index is 0.0622. The van der Waals surface area contributed by atoms with Gasteiger partial charge in [-0.2, -0.15) is 0 Å². The fourth-order valence-corrected chi connectivity index (χ4v) is 7.13. The van der Waals surface area contributed by atoms with E-state index in [1.165, 1.54) is 49.7 Å². The molecule has 9 nitrogen and oxygen atoms in total. The summed E-state index contributed by atoms with van der Waals surface area (Å²) in [5.41, 5.74) is 0. The number of hydrogen-bond acceptors (Lipinski definition) is 10. The summed E-state index contributed by atoms with van der Waals surface area (Å²) in [5, 5.41) is 21.3. The maximum absolute atomic E-state index is 12.7. The zero-order valence-electron chi connectivity index (χ0n) is 24.3. The Labute approximate surface area is 271 Å². The number of thiophene rings is 2. The van der Waals surface area contributed by atoms with Crippen molar-refractivity contribution in [2.75, 3.05) is 20.3 Å². The lowest BCUT2D eigenvalue weighted by Gasteiger charge is -2.14. The van der Waals surface area contributed by atoms with Gasteiger partial charge in [0.05, 0.1) is 46.0 Å². The first kappa shape index (κ1) is 33.5. The number of fused-ring (bicyclic) bond motifs is 2. The molecule has 4 rings (SSSR count). The molecule has 44 heavy (non-hydrogen) atoms. The number of methoxy groups -OCH3 is 1. The lowest BCUT2D eigenvalue weighted by Crippen LogP contribution is -2.13. The summed E-state index contributed by atoms with van der Waals surface area (Å²) in [5.74, 6) is -2.19. The van der Waals surface area contributed by atoms with Gasteiger partial charge in [0.15, 0.2) is 34.6 Å². The van der Waals surface area contributed by atoms with Crippen LogP contribution in [0.4, 0.5) is 0 Å². The number of rotatable bonds is 15. The maximum atomic E-state index is 12.7. The van der Waals surface area contributed by atoms with E-state index < -0.39 is 11.9 Å². The Kier molecular flexibility index (Phi) is 10.8. The maximum Gasteiger partial charge on any atom is 0.306 e. The SMILES string of the molecule is COc1cc2sc(C(=O)C[C@H](C)C(=O)O)cc2c(Cl)c1OCCCOc1c(O)cc2sc(C(=O)C[C@H](C)C(C)=O)cc2c1Cl. The molecule has 0 bridgehead atoms. The fourth-order valence-electron chi connectivity index (χ4n) is 4.30. The first-order valence-electron chi connectivity index (χ1n) is 13.6. The van der Waals surface area contributed by atoms with E-state index in [1.54, 1.807) is 25.1 Å². The van der Waals surface area contributed by atoms with Gasteiger partial charge in [-0.05, 0) is 19.1 Å². The van der Waals surface area contributed by atoms with E-state index in [0.29, 0.717) is 42.1 Å². The number of carboxylic acids is 1. The number of halogens is 2. The zero-order chi connectivity index (χ0) is 32.3. The molecule has 0 saturated heterocycles. The Morgan fingerprint density at radius 2 is 1.32 bits per heavy atom. The summed E-state index contributed by atoms with van der Waals surface area (Å²) >= 11 is 15.6. The van der Waals surface area contributed by atoms with Crippen molar-refractivity contribution in [1.29, 1.82) is 0 Å². The van der Waals surface area contributed by atoms with Crippen molar-refractivity contribution in [3.8, 4) is 23.0 Å². The largest absolute Gasteiger partial charge is 0.504 e. The second kappa shape index (κ2) is 14.2. The predicted molar refractivity (Wildman–Crippen MR) is 172 cm³/mol. The molecule has 0 aliphatic heterocycles. The van der Waals surface area contributed by atoms with E-state index in [0.717, 1.165) is 0 Å². The number of hydrogen-bond donors (Lipinski definition) is 2. The number of aromatic hydroxyl groups is 1. The molecule has 2 N–H and O–H groups in total. The molecule has 0 saturated carbocycles. The molecule has 13 heteroatoms. The quantitative estimate of drug-likeness (QED) is 0.0943. The molecular formula is C31H30Cl2O9S2. The van der Waals surface area contributed by atoms with Gasteiger partial charge in [0.1, 0.15) is 5.78 Å². The second-order valence-corrected chi connectivity index (χ2v) is 13.3. The van der Waals surface area contributed by atoms with Gasteiger partial charge in [-0.25, -0.2) is 0 Å². The topological polar surface area (TPSA) is 136 Å². The third-order valence-corrected chi connectivity index (χ3v) is 10.0. The Morgan fingerprint density at radius 1 is 0.818 bits per heavy atom. The van der Waals surface area contributed by atoms with Gasteiger partial charge in [-0.3, -0.25) is 19.2 Å². The third-order valence-electron chi connectivity index (χ3n) is 7.03. The van der Waals surface area contributed by atoms with Crippen molar-refractivity contribution in [1.82, 2.24) is 0 Å². The van der Waals surface area contributed by atoms with Crippen LogP contribution >= 0.6 is 45.9 Å². The van der Waals surface area contributed by atoms with Gasteiger partial charge >= 0.3 is 5.97 Å². The number of Topliss-reactive ketones (excluding diaryl/α,β-unsaturated/α-hetero) is 3. The van der Waals surface area contributed by atoms with Crippen molar-refractivity contribution in [3.05, 3.63) is 44.1 Å². The number of carbonyl (C=O) groups is 4. The Balaban J connectivity index is 1.42. The van der Waals surface area contributed by atoms with Crippen LogP contribution < -0.4 is 14.2 Å². The highest BCUT2D eigenvalue weighted by atomic mass is 35.5. The van der Waals surface area contributed by atoms with Crippen molar-refractivity contribution in [2.45, 2.75) is 40.0 Å². The molecule has 0 spiro atoms. The third kappa shape index (κ3) is 7.28. The summed E-state index contributed by atoms with van der Waals surface area (Å²) in [6.45, 7) is 4.94. The molecular weight excluding hydrogens is 651 g/mol. The smallest absolute Gasteiger partial charge is 0.306 e. The number of carbonyl (C=O) groups excluding carboxylic acids is 3. The summed E-state index contributed by atoms with van der Waals surface area (Å²) < 4.78 is 18.5.